The highest BCUT2D eigenvalue weighted by Crippen LogP contribution is 2.16. The minimum Gasteiger partial charge on any atom is -0.466 e. The lowest BCUT2D eigenvalue weighted by molar-refractivity contribution is -0.142. The fraction of sp³-hybridized carbons (Fsp3) is 0.444. The molecule has 2 N–H and O–H groups in total. The number of carbonyl (C=O) groups excluding carboxylic acids is 1. The van der Waals surface area contributed by atoms with Crippen molar-refractivity contribution in [2.75, 3.05) is 6.61 Å². The molecular formula is C9H13NO2S. The maximum absolute atomic E-state index is 11.1. The number of ether oxygens (including phenoxy) is 1. The molecule has 13 heavy (non-hydrogen) atoms. The third kappa shape index (κ3) is 3.16. The number of hydrogen-bond acceptors (Lipinski definition) is 4. The van der Waals surface area contributed by atoms with Crippen molar-refractivity contribution >= 4 is 17.3 Å². The van der Waals surface area contributed by atoms with Gasteiger partial charge >= 0.3 is 5.97 Å². The Bertz CT molecular complexity index is 283. The van der Waals surface area contributed by atoms with Crippen molar-refractivity contribution in [3.63, 3.8) is 0 Å². The Morgan fingerprint density at radius 3 is 2.77 bits per heavy atom. The highest BCUT2D eigenvalue weighted by Gasteiger charge is 2.05. The molecule has 1 rings (SSSR count). The van der Waals surface area contributed by atoms with E-state index in [-0.39, 0.29) is 5.97 Å². The Labute approximate surface area is 81.5 Å². The summed E-state index contributed by atoms with van der Waals surface area (Å²) in [5.41, 5.74) is 5.45. The van der Waals surface area contributed by atoms with Gasteiger partial charge in [0, 0.05) is 16.3 Å². The number of thiophene rings is 1. The van der Waals surface area contributed by atoms with E-state index < -0.39 is 0 Å². The van der Waals surface area contributed by atoms with Gasteiger partial charge in [0.1, 0.15) is 0 Å². The quantitative estimate of drug-likeness (QED) is 0.744. The van der Waals surface area contributed by atoms with Gasteiger partial charge in [-0.15, -0.1) is 11.3 Å². The standard InChI is InChI=1S/C9H13NO2S/c1-2-12-9(11)5-7-3-4-8(6-10)13-7/h3-4H,2,5-6,10H2,1H3. The summed E-state index contributed by atoms with van der Waals surface area (Å²) in [5, 5.41) is 0. The maximum Gasteiger partial charge on any atom is 0.311 e. The molecule has 0 aliphatic heterocycles. The number of rotatable bonds is 4. The molecule has 4 heteroatoms. The molecular weight excluding hydrogens is 186 g/mol. The number of carbonyl (C=O) groups is 1. The number of nitrogens with two attached hydrogens (primary N) is 1. The molecule has 0 aliphatic carbocycles. The lowest BCUT2D eigenvalue weighted by Crippen LogP contribution is -2.06. The molecule has 0 radical (unpaired) electrons. The van der Waals surface area contributed by atoms with E-state index in [9.17, 15) is 4.79 Å². The molecule has 0 spiro atoms. The second-order valence-electron chi connectivity index (χ2n) is 2.55. The average Bonchev–Trinajstić information content (AvgIpc) is 2.52. The van der Waals surface area contributed by atoms with Crippen molar-refractivity contribution in [3.05, 3.63) is 21.9 Å². The molecule has 0 saturated carbocycles. The van der Waals surface area contributed by atoms with Crippen LogP contribution in [0.3, 0.4) is 0 Å². The number of hydrogen-bond donors (Lipinski definition) is 1. The van der Waals surface area contributed by atoms with Crippen molar-refractivity contribution in [3.8, 4) is 0 Å². The zero-order valence-electron chi connectivity index (χ0n) is 7.58. The van der Waals surface area contributed by atoms with Gasteiger partial charge in [0.25, 0.3) is 0 Å². The van der Waals surface area contributed by atoms with Gasteiger partial charge in [0.05, 0.1) is 13.0 Å². The topological polar surface area (TPSA) is 52.3 Å². The monoisotopic (exact) mass is 199 g/mol. The van der Waals surface area contributed by atoms with Gasteiger partial charge in [-0.1, -0.05) is 0 Å². The van der Waals surface area contributed by atoms with Gasteiger partial charge in [-0.3, -0.25) is 4.79 Å². The van der Waals surface area contributed by atoms with E-state index in [0.717, 1.165) is 9.75 Å². The highest BCUT2D eigenvalue weighted by molar-refractivity contribution is 7.12. The minimum absolute atomic E-state index is 0.173. The molecule has 72 valence electrons. The summed E-state index contributed by atoms with van der Waals surface area (Å²) in [6, 6.07) is 3.86. The Morgan fingerprint density at radius 1 is 1.54 bits per heavy atom. The lowest BCUT2D eigenvalue weighted by atomic mass is 10.3. The van der Waals surface area contributed by atoms with Crippen molar-refractivity contribution in [1.82, 2.24) is 0 Å². The van der Waals surface area contributed by atoms with Crippen molar-refractivity contribution in [1.29, 1.82) is 0 Å². The maximum atomic E-state index is 11.1. The minimum atomic E-state index is -0.173. The van der Waals surface area contributed by atoms with Crippen LogP contribution in [0.4, 0.5) is 0 Å². The molecule has 0 fully saturated rings. The molecule has 3 nitrogen and oxygen atoms in total. The molecule has 0 saturated heterocycles. The third-order valence-corrected chi connectivity index (χ3v) is 2.65. The van der Waals surface area contributed by atoms with Crippen LogP contribution in [0.15, 0.2) is 12.1 Å². The van der Waals surface area contributed by atoms with Crippen LogP contribution in [0.5, 0.6) is 0 Å². The lowest BCUT2D eigenvalue weighted by Gasteiger charge is -1.98. The molecule has 1 aromatic rings. The normalized spacial score (nSPS) is 10.0. The van der Waals surface area contributed by atoms with E-state index >= 15 is 0 Å². The Hall–Kier alpha value is -0.870. The molecule has 1 heterocycles. The molecule has 0 bridgehead atoms. The second kappa shape index (κ2) is 4.99. The smallest absolute Gasteiger partial charge is 0.311 e. The molecule has 1 aromatic heterocycles. The van der Waals surface area contributed by atoms with E-state index in [1.807, 2.05) is 12.1 Å². The van der Waals surface area contributed by atoms with Gasteiger partial charge in [-0.2, -0.15) is 0 Å². The van der Waals surface area contributed by atoms with Crippen LogP contribution in [-0.4, -0.2) is 12.6 Å². The average molecular weight is 199 g/mol. The SMILES string of the molecule is CCOC(=O)Cc1ccc(CN)s1. The summed E-state index contributed by atoms with van der Waals surface area (Å²) in [4.78, 5) is 13.2. The van der Waals surface area contributed by atoms with Crippen LogP contribution in [0.2, 0.25) is 0 Å². The van der Waals surface area contributed by atoms with Gasteiger partial charge < -0.3 is 10.5 Å². The van der Waals surface area contributed by atoms with E-state index in [0.29, 0.717) is 19.6 Å². The first kappa shape index (κ1) is 10.2. The first-order valence-electron chi connectivity index (χ1n) is 4.19. The first-order chi connectivity index (χ1) is 6.26. The summed E-state index contributed by atoms with van der Waals surface area (Å²) in [5.74, 6) is -0.173. The predicted octanol–water partition coefficient (Wildman–Crippen LogP) is 1.31. The van der Waals surface area contributed by atoms with Crippen LogP contribution >= 0.6 is 11.3 Å². The molecule has 0 atom stereocenters. The largest absolute Gasteiger partial charge is 0.466 e. The predicted molar refractivity (Wildman–Crippen MR) is 52.5 cm³/mol. The third-order valence-electron chi connectivity index (χ3n) is 1.54. The first-order valence-corrected chi connectivity index (χ1v) is 5.01. The molecule has 0 aromatic carbocycles. The second-order valence-corrected chi connectivity index (χ2v) is 3.81. The van der Waals surface area contributed by atoms with Crippen molar-refractivity contribution < 1.29 is 9.53 Å². The van der Waals surface area contributed by atoms with E-state index in [4.69, 9.17) is 10.5 Å². The van der Waals surface area contributed by atoms with Crippen LogP contribution in [-0.2, 0) is 22.5 Å². The fourth-order valence-corrected chi connectivity index (χ4v) is 1.86. The van der Waals surface area contributed by atoms with Gasteiger partial charge in [-0.25, -0.2) is 0 Å². The summed E-state index contributed by atoms with van der Waals surface area (Å²) in [7, 11) is 0. The van der Waals surface area contributed by atoms with Crippen molar-refractivity contribution in [2.24, 2.45) is 5.73 Å². The summed E-state index contributed by atoms with van der Waals surface area (Å²) >= 11 is 1.56. The summed E-state index contributed by atoms with van der Waals surface area (Å²) in [6.45, 7) is 2.78. The van der Waals surface area contributed by atoms with E-state index in [2.05, 4.69) is 0 Å². The van der Waals surface area contributed by atoms with E-state index in [1.165, 1.54) is 0 Å². The van der Waals surface area contributed by atoms with Crippen LogP contribution in [0.1, 0.15) is 16.7 Å². The van der Waals surface area contributed by atoms with Gasteiger partial charge in [0.15, 0.2) is 0 Å². The highest BCUT2D eigenvalue weighted by atomic mass is 32.1. The molecule has 0 amide bonds. The van der Waals surface area contributed by atoms with Gasteiger partial charge in [-0.05, 0) is 19.1 Å². The van der Waals surface area contributed by atoms with Crippen LogP contribution < -0.4 is 5.73 Å². The molecule has 0 unspecified atom stereocenters. The van der Waals surface area contributed by atoms with E-state index in [1.54, 1.807) is 18.3 Å². The number of esters is 1. The fourth-order valence-electron chi connectivity index (χ4n) is 0.981. The Balaban J connectivity index is 2.49. The zero-order chi connectivity index (χ0) is 9.68. The van der Waals surface area contributed by atoms with Crippen LogP contribution in [0.25, 0.3) is 0 Å². The van der Waals surface area contributed by atoms with Crippen LogP contribution in [0, 0.1) is 0 Å². The Morgan fingerprint density at radius 2 is 2.23 bits per heavy atom. The van der Waals surface area contributed by atoms with Gasteiger partial charge in [0.2, 0.25) is 0 Å². The zero-order valence-corrected chi connectivity index (χ0v) is 8.39. The molecule has 0 aliphatic rings. The van der Waals surface area contributed by atoms with Crippen molar-refractivity contribution in [2.45, 2.75) is 19.9 Å². The Kier molecular flexibility index (Phi) is 3.92. The summed E-state index contributed by atoms with van der Waals surface area (Å²) < 4.78 is 4.83. The summed E-state index contributed by atoms with van der Waals surface area (Å²) in [6.07, 6.45) is 0.360.